The Morgan fingerprint density at radius 2 is 0.791 bits per heavy atom. The molecular formula is C76H112FN25O13. The van der Waals surface area contributed by atoms with Crippen molar-refractivity contribution >= 4 is 116 Å². The summed E-state index contributed by atoms with van der Waals surface area (Å²) in [6.07, 6.45) is -2.39. The second-order valence-corrected chi connectivity index (χ2v) is 27.9. The Hall–Kier alpha value is -12.7. The van der Waals surface area contributed by atoms with Crippen LogP contribution < -0.4 is 108 Å². The zero-order valence-electron chi connectivity index (χ0n) is 63.9. The maximum atomic E-state index is 15.4. The summed E-state index contributed by atoms with van der Waals surface area (Å²) < 4.78 is 14.6. The van der Waals surface area contributed by atoms with Gasteiger partial charge in [0.25, 0.3) is 0 Å². The van der Waals surface area contributed by atoms with Crippen molar-refractivity contribution in [2.45, 2.75) is 203 Å². The second kappa shape index (κ2) is 47.0. The van der Waals surface area contributed by atoms with Crippen molar-refractivity contribution in [3.05, 3.63) is 120 Å². The molecule has 38 nitrogen and oxygen atoms in total. The number of aliphatic hydroxyl groups excluding tert-OH is 1. The third kappa shape index (κ3) is 31.4. The van der Waals surface area contributed by atoms with E-state index >= 15 is 24.0 Å². The summed E-state index contributed by atoms with van der Waals surface area (Å²) in [5.74, 6) is -14.6. The molecule has 626 valence electrons. The predicted molar refractivity (Wildman–Crippen MR) is 430 cm³/mol. The number of guanidine groups is 4. The first kappa shape index (κ1) is 92.9. The second-order valence-electron chi connectivity index (χ2n) is 27.9. The zero-order valence-corrected chi connectivity index (χ0v) is 63.9. The van der Waals surface area contributed by atoms with Crippen molar-refractivity contribution in [2.24, 2.45) is 28.7 Å². The highest BCUT2D eigenvalue weighted by molar-refractivity contribution is 6.01. The molecule has 1 aliphatic heterocycles. The summed E-state index contributed by atoms with van der Waals surface area (Å²) >= 11 is 0. The molecule has 39 heteroatoms. The van der Waals surface area contributed by atoms with Crippen molar-refractivity contribution in [2.75, 3.05) is 26.2 Å². The molecule has 4 aromatic carbocycles. The third-order valence-electron chi connectivity index (χ3n) is 18.7. The summed E-state index contributed by atoms with van der Waals surface area (Å²) in [5.41, 5.74) is 29.9. The molecule has 1 aliphatic rings. The van der Waals surface area contributed by atoms with Gasteiger partial charge in [0.1, 0.15) is 72.3 Å². The van der Waals surface area contributed by atoms with E-state index in [1.807, 2.05) is 18.2 Å². The number of nitrogens with one attached hydrogen (secondary N) is 20. The van der Waals surface area contributed by atoms with Gasteiger partial charge < -0.3 is 119 Å². The van der Waals surface area contributed by atoms with Gasteiger partial charge in [-0.1, -0.05) is 100.0 Å². The van der Waals surface area contributed by atoms with Crippen LogP contribution in [0.4, 0.5) is 4.39 Å². The number of rotatable bonds is 29. The van der Waals surface area contributed by atoms with Gasteiger partial charge in [-0.25, -0.2) is 4.39 Å². The summed E-state index contributed by atoms with van der Waals surface area (Å²) in [6, 6.07) is 6.35. The quantitative estimate of drug-likeness (QED) is 0.0132. The van der Waals surface area contributed by atoms with E-state index in [0.29, 0.717) is 34.0 Å². The lowest BCUT2D eigenvalue weighted by Crippen LogP contribution is -2.62. The number of aliphatic hydroxyl groups is 1. The van der Waals surface area contributed by atoms with E-state index < -0.39 is 186 Å². The number of fused-ring (bicyclic) bond motifs is 2. The number of unbranched alkanes of at least 4 members (excludes halogenated alkanes) is 1. The molecule has 2 heterocycles. The Bertz CT molecular complexity index is 4220. The van der Waals surface area contributed by atoms with E-state index in [4.69, 9.17) is 50.3 Å². The average Bonchev–Trinajstić information content (AvgIpc) is 1.71. The van der Waals surface area contributed by atoms with E-state index in [0.717, 1.165) is 29.8 Å². The number of aromatic nitrogens is 1. The number of nitrogens with two attached hydrogens (primary N) is 5. The molecule has 1 saturated heterocycles. The molecule has 1 aromatic heterocycles. The number of carbonyl (C=O) groups is 12. The van der Waals surface area contributed by atoms with Gasteiger partial charge in [-0.05, 0) is 124 Å². The van der Waals surface area contributed by atoms with Gasteiger partial charge in [0, 0.05) is 69.0 Å². The number of primary amides is 1. The molecule has 0 radical (unpaired) electrons. The summed E-state index contributed by atoms with van der Waals surface area (Å²) in [6.45, 7) is 4.08. The number of para-hydroxylation sites is 1. The molecule has 6 rings (SSSR count). The van der Waals surface area contributed by atoms with Crippen LogP contribution in [-0.2, 0) is 76.8 Å². The van der Waals surface area contributed by atoms with Crippen LogP contribution in [0.3, 0.4) is 0 Å². The molecule has 115 heavy (non-hydrogen) atoms. The number of hydrogen-bond acceptors (Lipinski definition) is 17. The molecule has 12 atom stereocenters. The molecule has 0 saturated carbocycles. The Labute approximate surface area is 665 Å². The normalized spacial score (nSPS) is 21.9. The molecule has 12 amide bonds. The molecular weight excluding hydrogens is 1490 g/mol. The van der Waals surface area contributed by atoms with Crippen LogP contribution in [0.25, 0.3) is 21.7 Å². The molecule has 0 spiro atoms. The Morgan fingerprint density at radius 3 is 1.22 bits per heavy atom. The standard InChI is InChI=1S/C75H108FN25O13.CH4/c1-4-5-17-50-62(105)97-55(29-30-59(77)103)67(110)100-58(38-46-39-90-49-18-9-8-16-48(46)49)70(113)101-60(41(3)102)71(114)91-40(2)61(104)92-51(19-10-31-86-72(78)79)63(106)93-52(20-11-32-87-73(80)81)64(107)94-53(21-12-33-88-74(82)83)65(108)99-57(37-43-23-26-44-14-6-7-15-45(44)35-43)69(112)96-54(22-13-34-89-75(84)85)66(109)98-56(68(111)95-50)36-42-24-27-47(76)28-25-42;/h6-9,14-16,18,23-28,35,39-41,50-58,60,90,102H,4-5,10-13,17,19-22,29-34,36-38H2,1-3H3,(H2,77,103)(H,91,114)(H,92,104)(H,93,106)(H,94,107)(H,95,111)(H,96,112)(H,97,105)(H,98,109)(H,99,108)(H,100,110)(H,101,113)(H4,78,79,86)(H4,80,81,87)(H4,82,83,88)(H4,84,85,89);1H4. The lowest BCUT2D eigenvalue weighted by molar-refractivity contribution is -0.137. The number of amides is 12. The lowest BCUT2D eigenvalue weighted by Gasteiger charge is -2.29. The minimum absolute atomic E-state index is 0. The van der Waals surface area contributed by atoms with Crippen molar-refractivity contribution in [1.82, 2.24) is 84.7 Å². The fourth-order valence-corrected chi connectivity index (χ4v) is 12.5. The highest BCUT2D eigenvalue weighted by Crippen LogP contribution is 2.22. The fourth-order valence-electron chi connectivity index (χ4n) is 12.5. The number of H-pyrrole nitrogens is 1. The topological polar surface area (TPSA) is 647 Å². The first-order valence-corrected chi connectivity index (χ1v) is 37.7. The van der Waals surface area contributed by atoms with Crippen LogP contribution in [0.2, 0.25) is 0 Å². The van der Waals surface area contributed by atoms with E-state index in [1.54, 1.807) is 61.7 Å². The number of halogens is 1. The molecule has 12 unspecified atom stereocenters. The third-order valence-corrected chi connectivity index (χ3v) is 18.7. The van der Waals surface area contributed by atoms with Crippen molar-refractivity contribution in [1.29, 1.82) is 21.6 Å². The Morgan fingerprint density at radius 1 is 0.435 bits per heavy atom. The summed E-state index contributed by atoms with van der Waals surface area (Å²) in [7, 11) is 0. The van der Waals surface area contributed by atoms with Crippen molar-refractivity contribution in [3.63, 3.8) is 0 Å². The van der Waals surface area contributed by atoms with Crippen LogP contribution >= 0.6 is 0 Å². The first-order valence-electron chi connectivity index (χ1n) is 37.7. The monoisotopic (exact) mass is 1600 g/mol. The van der Waals surface area contributed by atoms with Gasteiger partial charge in [-0.3, -0.25) is 79.2 Å². The van der Waals surface area contributed by atoms with Gasteiger partial charge in [-0.2, -0.15) is 0 Å². The minimum atomic E-state index is -1.89. The number of aromatic amines is 1. The number of carbonyl (C=O) groups excluding carboxylic acids is 12. The van der Waals surface area contributed by atoms with Gasteiger partial charge >= 0.3 is 0 Å². The summed E-state index contributed by atoms with van der Waals surface area (Å²) in [4.78, 5) is 180. The fraction of sp³-hybridized carbons (Fsp3) is 0.474. The van der Waals surface area contributed by atoms with Crippen LogP contribution in [0.1, 0.15) is 128 Å². The van der Waals surface area contributed by atoms with E-state index in [1.165, 1.54) is 19.1 Å². The smallest absolute Gasteiger partial charge is 0.245 e. The number of hydrogen-bond donors (Lipinski definition) is 26. The van der Waals surface area contributed by atoms with Gasteiger partial charge in [0.2, 0.25) is 70.9 Å². The van der Waals surface area contributed by atoms with E-state index in [2.05, 4.69) is 84.7 Å². The highest BCUT2D eigenvalue weighted by atomic mass is 19.1. The van der Waals surface area contributed by atoms with Crippen LogP contribution in [0.15, 0.2) is 97.2 Å². The average molecular weight is 1600 g/mol. The molecule has 1 fully saturated rings. The van der Waals surface area contributed by atoms with Crippen LogP contribution in [0.5, 0.6) is 0 Å². The Balaban J connectivity index is 0.0000236. The van der Waals surface area contributed by atoms with Gasteiger partial charge in [-0.15, -0.1) is 0 Å². The lowest BCUT2D eigenvalue weighted by atomic mass is 9.99. The van der Waals surface area contributed by atoms with Crippen LogP contribution in [0, 0.1) is 27.5 Å². The first-order chi connectivity index (χ1) is 54.3. The van der Waals surface area contributed by atoms with Crippen molar-refractivity contribution in [3.8, 4) is 0 Å². The molecule has 0 aliphatic carbocycles. The van der Waals surface area contributed by atoms with E-state index in [9.17, 15) is 43.1 Å². The molecule has 31 N–H and O–H groups in total. The van der Waals surface area contributed by atoms with Crippen molar-refractivity contribution < 1.29 is 67.0 Å². The summed E-state index contributed by atoms with van der Waals surface area (Å²) in [5, 5.41) is 84.0. The predicted octanol–water partition coefficient (Wildman–Crippen LogP) is -2.62. The van der Waals surface area contributed by atoms with Crippen LogP contribution in [-0.4, -0.2) is 204 Å². The zero-order chi connectivity index (χ0) is 83.6. The van der Waals surface area contributed by atoms with Gasteiger partial charge in [0.15, 0.2) is 23.8 Å². The molecule has 5 aromatic rings. The maximum Gasteiger partial charge on any atom is 0.245 e. The Kier molecular flexibility index (Phi) is 37.9. The maximum absolute atomic E-state index is 15.4. The largest absolute Gasteiger partial charge is 0.391 e. The molecule has 0 bridgehead atoms. The highest BCUT2D eigenvalue weighted by Gasteiger charge is 2.39. The minimum Gasteiger partial charge on any atom is -0.391 e. The number of benzene rings is 4. The van der Waals surface area contributed by atoms with E-state index in [-0.39, 0.29) is 117 Å². The van der Waals surface area contributed by atoms with Gasteiger partial charge in [0.05, 0.1) is 6.10 Å². The SMILES string of the molecule is C.CCCCC1NC(=O)C(Cc2ccc(F)cc2)NC(=O)C(CCCNC(=N)N)NC(=O)C(Cc2ccc3ccccc3c2)NC(=O)C(CCCNC(=N)N)NC(=O)C(CCCNC(=N)N)NC(=O)C(CCCNC(=N)N)NC(=O)C(C)NC(=O)C(C(C)O)NC(=O)C(Cc2c[nH]c3ccccc23)NC(=O)C(CCC(N)=O)NC1=O.